The van der Waals surface area contributed by atoms with E-state index in [1.165, 1.54) is 18.6 Å². The van der Waals surface area contributed by atoms with E-state index in [-0.39, 0.29) is 0 Å². The van der Waals surface area contributed by atoms with Gasteiger partial charge in [0.05, 0.1) is 0 Å². The van der Waals surface area contributed by atoms with Crippen molar-refractivity contribution in [2.45, 2.75) is 46.1 Å². The molecule has 2 nitrogen and oxygen atoms in total. The summed E-state index contributed by atoms with van der Waals surface area (Å²) >= 11 is 0. The molecule has 1 rings (SSSR count). The van der Waals surface area contributed by atoms with E-state index in [9.17, 15) is 0 Å². The van der Waals surface area contributed by atoms with Crippen LogP contribution in [0.25, 0.3) is 0 Å². The highest BCUT2D eigenvalue weighted by Gasteiger charge is 2.37. The van der Waals surface area contributed by atoms with E-state index in [1.807, 2.05) is 7.05 Å². The maximum Gasteiger partial charge on any atom is 0.0276 e. The number of nitrogens with two attached hydrogens (primary N) is 1. The first kappa shape index (κ1) is 11.7. The lowest BCUT2D eigenvalue weighted by Crippen LogP contribution is -2.35. The van der Waals surface area contributed by atoms with Gasteiger partial charge in [0.25, 0.3) is 0 Å². The molecule has 0 aromatic rings. The summed E-state index contributed by atoms with van der Waals surface area (Å²) in [5.74, 6) is 1.95. The molecule has 1 aliphatic carbocycles. The molecule has 0 radical (unpaired) electrons. The minimum Gasteiger partial charge on any atom is -0.327 e. The van der Waals surface area contributed by atoms with Crippen LogP contribution >= 0.6 is 0 Å². The Balaban J connectivity index is 2.69. The van der Waals surface area contributed by atoms with Crippen LogP contribution in [0.15, 0.2) is 4.99 Å². The molecule has 0 bridgehead atoms. The second-order valence-electron chi connectivity index (χ2n) is 4.72. The third kappa shape index (κ3) is 2.17. The van der Waals surface area contributed by atoms with E-state index in [4.69, 9.17) is 5.73 Å². The molecule has 2 heteroatoms. The average Bonchev–Trinajstić information content (AvgIpc) is 2.42. The lowest BCUT2D eigenvalue weighted by molar-refractivity contribution is 0.418. The smallest absolute Gasteiger partial charge is 0.0276 e. The Kier molecular flexibility index (Phi) is 4.11. The Hall–Kier alpha value is -0.370. The molecule has 0 aromatic carbocycles. The molecule has 1 fully saturated rings. The molecule has 14 heavy (non-hydrogen) atoms. The van der Waals surface area contributed by atoms with Crippen molar-refractivity contribution >= 4 is 5.71 Å². The first-order chi connectivity index (χ1) is 6.61. The van der Waals surface area contributed by atoms with Crippen LogP contribution < -0.4 is 5.73 Å². The van der Waals surface area contributed by atoms with Gasteiger partial charge in [-0.15, -0.1) is 0 Å². The maximum atomic E-state index is 6.24. The van der Waals surface area contributed by atoms with E-state index < -0.39 is 0 Å². The summed E-state index contributed by atoms with van der Waals surface area (Å²) in [5.41, 5.74) is 7.58. The van der Waals surface area contributed by atoms with Crippen LogP contribution in [-0.2, 0) is 0 Å². The molecule has 0 spiro atoms. The van der Waals surface area contributed by atoms with Crippen LogP contribution in [0.3, 0.4) is 0 Å². The summed E-state index contributed by atoms with van der Waals surface area (Å²) in [6.45, 7) is 6.79. The van der Waals surface area contributed by atoms with Crippen molar-refractivity contribution in [1.29, 1.82) is 0 Å². The maximum absolute atomic E-state index is 6.24. The quantitative estimate of drug-likeness (QED) is 0.692. The normalized spacial score (nSPS) is 39.1. The van der Waals surface area contributed by atoms with E-state index in [2.05, 4.69) is 25.8 Å². The lowest BCUT2D eigenvalue weighted by atomic mass is 9.92. The van der Waals surface area contributed by atoms with Crippen molar-refractivity contribution in [2.24, 2.45) is 28.5 Å². The van der Waals surface area contributed by atoms with Crippen LogP contribution in [-0.4, -0.2) is 18.8 Å². The minimum absolute atomic E-state index is 0.329. The zero-order valence-corrected chi connectivity index (χ0v) is 9.96. The molecule has 0 aliphatic heterocycles. The first-order valence-electron chi connectivity index (χ1n) is 5.82. The van der Waals surface area contributed by atoms with E-state index >= 15 is 0 Å². The molecule has 4 atom stereocenters. The van der Waals surface area contributed by atoms with E-state index in [1.54, 1.807) is 0 Å². The van der Waals surface area contributed by atoms with Gasteiger partial charge >= 0.3 is 0 Å². The molecule has 1 saturated carbocycles. The summed E-state index contributed by atoms with van der Waals surface area (Å²) in [7, 11) is 1.91. The number of nitrogens with zero attached hydrogens (tertiary/aromatic N) is 1. The van der Waals surface area contributed by atoms with E-state index in [0.29, 0.717) is 17.9 Å². The predicted octanol–water partition coefficient (Wildman–Crippen LogP) is 2.48. The standard InChI is InChI=1S/C12H24N2/c1-5-6-11(14-4)10-7-8(2)9(3)12(10)13/h8-10,12H,5-7,13H2,1-4H3. The average molecular weight is 196 g/mol. The topological polar surface area (TPSA) is 38.4 Å². The molecule has 2 N–H and O–H groups in total. The molecular weight excluding hydrogens is 172 g/mol. The van der Waals surface area contributed by atoms with Crippen molar-refractivity contribution in [3.63, 3.8) is 0 Å². The molecular formula is C12H24N2. The van der Waals surface area contributed by atoms with Crippen LogP contribution in [0.5, 0.6) is 0 Å². The molecule has 0 heterocycles. The second-order valence-corrected chi connectivity index (χ2v) is 4.72. The second kappa shape index (κ2) is 4.92. The van der Waals surface area contributed by atoms with Crippen molar-refractivity contribution in [3.05, 3.63) is 0 Å². The SMILES string of the molecule is CCCC(=NC)C1CC(C)C(C)C1N. The van der Waals surface area contributed by atoms with Gasteiger partial charge in [-0.05, 0) is 24.7 Å². The Bertz CT molecular complexity index is 210. The van der Waals surface area contributed by atoms with Gasteiger partial charge in [-0.1, -0.05) is 27.2 Å². The molecule has 82 valence electrons. The first-order valence-corrected chi connectivity index (χ1v) is 5.82. The summed E-state index contributed by atoms with van der Waals surface area (Å²) in [4.78, 5) is 4.42. The zero-order chi connectivity index (χ0) is 10.7. The van der Waals surface area contributed by atoms with Crippen molar-refractivity contribution in [3.8, 4) is 0 Å². The van der Waals surface area contributed by atoms with Crippen molar-refractivity contribution in [1.82, 2.24) is 0 Å². The highest BCUT2D eigenvalue weighted by Crippen LogP contribution is 2.36. The van der Waals surface area contributed by atoms with Gasteiger partial charge in [0.1, 0.15) is 0 Å². The monoisotopic (exact) mass is 196 g/mol. The summed E-state index contributed by atoms with van der Waals surface area (Å²) in [5, 5.41) is 0. The highest BCUT2D eigenvalue weighted by molar-refractivity contribution is 5.87. The molecule has 1 aliphatic rings. The molecule has 0 aromatic heterocycles. The summed E-state index contributed by atoms with van der Waals surface area (Å²) < 4.78 is 0. The molecule has 0 amide bonds. The predicted molar refractivity (Wildman–Crippen MR) is 62.7 cm³/mol. The largest absolute Gasteiger partial charge is 0.327 e. The fourth-order valence-corrected chi connectivity index (χ4v) is 2.60. The van der Waals surface area contributed by atoms with E-state index in [0.717, 1.165) is 12.3 Å². The summed E-state index contributed by atoms with van der Waals surface area (Å²) in [6.07, 6.45) is 3.53. The Morgan fingerprint density at radius 1 is 1.43 bits per heavy atom. The van der Waals surface area contributed by atoms with Gasteiger partial charge in [0, 0.05) is 24.7 Å². The van der Waals surface area contributed by atoms with Gasteiger partial charge in [-0.3, -0.25) is 4.99 Å². The third-order valence-corrected chi connectivity index (χ3v) is 3.82. The van der Waals surface area contributed by atoms with Crippen LogP contribution in [0.2, 0.25) is 0 Å². The fourth-order valence-electron chi connectivity index (χ4n) is 2.60. The summed E-state index contributed by atoms with van der Waals surface area (Å²) in [6, 6.07) is 0.329. The highest BCUT2D eigenvalue weighted by atomic mass is 14.8. The van der Waals surface area contributed by atoms with Gasteiger partial charge in [-0.25, -0.2) is 0 Å². The zero-order valence-electron chi connectivity index (χ0n) is 9.96. The van der Waals surface area contributed by atoms with Gasteiger partial charge in [0.2, 0.25) is 0 Å². The van der Waals surface area contributed by atoms with Crippen molar-refractivity contribution < 1.29 is 0 Å². The molecule has 0 saturated heterocycles. The van der Waals surface area contributed by atoms with Gasteiger partial charge < -0.3 is 5.73 Å². The number of aliphatic imine (C=N–C) groups is 1. The molecule has 4 unspecified atom stereocenters. The minimum atomic E-state index is 0.329. The van der Waals surface area contributed by atoms with Crippen LogP contribution in [0.1, 0.15) is 40.0 Å². The fraction of sp³-hybridized carbons (Fsp3) is 0.917. The van der Waals surface area contributed by atoms with Gasteiger partial charge in [0.15, 0.2) is 0 Å². The Morgan fingerprint density at radius 3 is 2.43 bits per heavy atom. The number of rotatable bonds is 3. The lowest BCUT2D eigenvalue weighted by Gasteiger charge is -2.20. The Morgan fingerprint density at radius 2 is 2.07 bits per heavy atom. The number of hydrogen-bond donors (Lipinski definition) is 1. The Labute approximate surface area is 88.0 Å². The van der Waals surface area contributed by atoms with Crippen LogP contribution in [0.4, 0.5) is 0 Å². The van der Waals surface area contributed by atoms with Crippen LogP contribution in [0, 0.1) is 17.8 Å². The number of hydrogen-bond acceptors (Lipinski definition) is 2. The third-order valence-electron chi connectivity index (χ3n) is 3.82. The van der Waals surface area contributed by atoms with Gasteiger partial charge in [-0.2, -0.15) is 0 Å². The van der Waals surface area contributed by atoms with Crippen molar-refractivity contribution in [2.75, 3.05) is 7.05 Å².